The van der Waals surface area contributed by atoms with Gasteiger partial charge in [0.15, 0.2) is 6.61 Å². The molecule has 0 aromatic heterocycles. The quantitative estimate of drug-likeness (QED) is 0.445. The third-order valence-electron chi connectivity index (χ3n) is 5.16. The SMILES string of the molecule is COc1ccc(CCC(=O)OCC(=O)Nc2ccccc2C(=O)NCc2ccc(C)cc2)cc1. The summed E-state index contributed by atoms with van der Waals surface area (Å²) in [6, 6.07) is 21.9. The predicted molar refractivity (Wildman–Crippen MR) is 130 cm³/mol. The molecule has 0 atom stereocenters. The zero-order valence-electron chi connectivity index (χ0n) is 19.3. The van der Waals surface area contributed by atoms with Crippen LogP contribution in [0.5, 0.6) is 5.75 Å². The molecule has 0 aliphatic heterocycles. The van der Waals surface area contributed by atoms with Gasteiger partial charge < -0.3 is 20.1 Å². The summed E-state index contributed by atoms with van der Waals surface area (Å²) in [4.78, 5) is 37.0. The topological polar surface area (TPSA) is 93.7 Å². The van der Waals surface area contributed by atoms with Crippen LogP contribution in [-0.2, 0) is 27.3 Å². The Balaban J connectivity index is 1.47. The van der Waals surface area contributed by atoms with Crippen LogP contribution in [0.25, 0.3) is 0 Å². The minimum Gasteiger partial charge on any atom is -0.497 e. The van der Waals surface area contributed by atoms with E-state index in [1.54, 1.807) is 31.4 Å². The van der Waals surface area contributed by atoms with E-state index >= 15 is 0 Å². The summed E-state index contributed by atoms with van der Waals surface area (Å²) in [5.74, 6) is -0.563. The molecule has 34 heavy (non-hydrogen) atoms. The number of ether oxygens (including phenoxy) is 2. The van der Waals surface area contributed by atoms with Gasteiger partial charge in [-0.05, 0) is 48.7 Å². The molecule has 0 fully saturated rings. The second-order valence-corrected chi connectivity index (χ2v) is 7.77. The van der Waals surface area contributed by atoms with E-state index in [0.717, 1.165) is 22.4 Å². The fraction of sp³-hybridized carbons (Fsp3) is 0.222. The van der Waals surface area contributed by atoms with Gasteiger partial charge in [-0.25, -0.2) is 0 Å². The van der Waals surface area contributed by atoms with Crippen LogP contribution in [0.4, 0.5) is 5.69 Å². The number of esters is 1. The molecule has 0 saturated heterocycles. The first-order chi connectivity index (χ1) is 16.4. The standard InChI is InChI=1S/C27H28N2O5/c1-19-7-9-21(10-8-19)17-28-27(32)23-5-3-4-6-24(23)29-25(30)18-34-26(31)16-13-20-11-14-22(33-2)15-12-20/h3-12,14-15H,13,16-18H2,1-2H3,(H,28,32)(H,29,30). The maximum absolute atomic E-state index is 12.7. The minimum absolute atomic E-state index is 0.150. The van der Waals surface area contributed by atoms with Crippen molar-refractivity contribution in [3.8, 4) is 5.75 Å². The molecular weight excluding hydrogens is 432 g/mol. The molecule has 2 amide bonds. The summed E-state index contributed by atoms with van der Waals surface area (Å²) >= 11 is 0. The Hall–Kier alpha value is -4.13. The molecule has 0 spiro atoms. The number of carbonyl (C=O) groups is 3. The molecule has 0 radical (unpaired) electrons. The van der Waals surface area contributed by atoms with Crippen molar-refractivity contribution in [1.82, 2.24) is 5.32 Å². The van der Waals surface area contributed by atoms with Gasteiger partial charge in [0.25, 0.3) is 11.8 Å². The van der Waals surface area contributed by atoms with E-state index in [9.17, 15) is 14.4 Å². The molecular formula is C27H28N2O5. The molecule has 0 aliphatic rings. The predicted octanol–water partition coefficient (Wildman–Crippen LogP) is 4.05. The highest BCUT2D eigenvalue weighted by Gasteiger charge is 2.14. The van der Waals surface area contributed by atoms with Crippen molar-refractivity contribution < 1.29 is 23.9 Å². The summed E-state index contributed by atoms with van der Waals surface area (Å²) < 4.78 is 10.2. The monoisotopic (exact) mass is 460 g/mol. The highest BCUT2D eigenvalue weighted by Crippen LogP contribution is 2.16. The second kappa shape index (κ2) is 12.2. The first kappa shape index (κ1) is 24.5. The van der Waals surface area contributed by atoms with Gasteiger partial charge in [0, 0.05) is 13.0 Å². The Kier molecular flexibility index (Phi) is 8.80. The van der Waals surface area contributed by atoms with Gasteiger partial charge in [-0.3, -0.25) is 14.4 Å². The lowest BCUT2D eigenvalue weighted by molar-refractivity contribution is -0.147. The molecule has 3 rings (SSSR count). The first-order valence-electron chi connectivity index (χ1n) is 11.0. The number of nitrogens with one attached hydrogen (secondary N) is 2. The Morgan fingerprint density at radius 2 is 1.53 bits per heavy atom. The van der Waals surface area contributed by atoms with E-state index in [2.05, 4.69) is 10.6 Å². The number of para-hydroxylation sites is 1. The Morgan fingerprint density at radius 3 is 2.24 bits per heavy atom. The van der Waals surface area contributed by atoms with Crippen molar-refractivity contribution in [2.24, 2.45) is 0 Å². The lowest BCUT2D eigenvalue weighted by Crippen LogP contribution is -2.26. The molecule has 0 aliphatic carbocycles. The smallest absolute Gasteiger partial charge is 0.306 e. The number of benzene rings is 3. The average molecular weight is 461 g/mol. The largest absolute Gasteiger partial charge is 0.497 e. The lowest BCUT2D eigenvalue weighted by atomic mass is 10.1. The van der Waals surface area contributed by atoms with Gasteiger partial charge in [0.1, 0.15) is 5.75 Å². The first-order valence-corrected chi connectivity index (χ1v) is 11.0. The van der Waals surface area contributed by atoms with Crippen LogP contribution in [0, 0.1) is 6.92 Å². The van der Waals surface area contributed by atoms with Crippen molar-refractivity contribution in [2.45, 2.75) is 26.3 Å². The minimum atomic E-state index is -0.517. The Morgan fingerprint density at radius 1 is 0.853 bits per heavy atom. The molecule has 0 bridgehead atoms. The fourth-order valence-corrected chi connectivity index (χ4v) is 3.22. The molecule has 7 heteroatoms. The average Bonchev–Trinajstić information content (AvgIpc) is 2.86. The van der Waals surface area contributed by atoms with Crippen LogP contribution < -0.4 is 15.4 Å². The third kappa shape index (κ3) is 7.48. The van der Waals surface area contributed by atoms with E-state index in [-0.39, 0.29) is 12.3 Å². The van der Waals surface area contributed by atoms with E-state index in [0.29, 0.717) is 24.2 Å². The summed E-state index contributed by atoms with van der Waals surface area (Å²) in [5.41, 5.74) is 3.76. The van der Waals surface area contributed by atoms with Gasteiger partial charge in [-0.2, -0.15) is 0 Å². The molecule has 0 heterocycles. The third-order valence-corrected chi connectivity index (χ3v) is 5.16. The summed E-state index contributed by atoms with van der Waals surface area (Å²) in [6.07, 6.45) is 0.645. The van der Waals surface area contributed by atoms with E-state index in [4.69, 9.17) is 9.47 Å². The molecule has 3 aromatic rings. The van der Waals surface area contributed by atoms with Crippen molar-refractivity contribution in [2.75, 3.05) is 19.0 Å². The molecule has 7 nitrogen and oxygen atoms in total. The van der Waals surface area contributed by atoms with Gasteiger partial charge in [0.05, 0.1) is 18.4 Å². The van der Waals surface area contributed by atoms with Crippen LogP contribution in [0.3, 0.4) is 0 Å². The van der Waals surface area contributed by atoms with Crippen LogP contribution in [0.2, 0.25) is 0 Å². The second-order valence-electron chi connectivity index (χ2n) is 7.77. The number of carbonyl (C=O) groups excluding carboxylic acids is 3. The number of hydrogen-bond donors (Lipinski definition) is 2. The van der Waals surface area contributed by atoms with Crippen LogP contribution in [0.1, 0.15) is 33.5 Å². The maximum atomic E-state index is 12.7. The number of aryl methyl sites for hydroxylation is 2. The van der Waals surface area contributed by atoms with Crippen LogP contribution in [0.15, 0.2) is 72.8 Å². The van der Waals surface area contributed by atoms with Gasteiger partial charge >= 0.3 is 5.97 Å². The van der Waals surface area contributed by atoms with Crippen molar-refractivity contribution in [3.63, 3.8) is 0 Å². The van der Waals surface area contributed by atoms with Crippen LogP contribution >= 0.6 is 0 Å². The highest BCUT2D eigenvalue weighted by molar-refractivity contribution is 6.04. The van der Waals surface area contributed by atoms with Crippen molar-refractivity contribution in [1.29, 1.82) is 0 Å². The van der Waals surface area contributed by atoms with Gasteiger partial charge in [-0.15, -0.1) is 0 Å². The molecule has 0 unspecified atom stereocenters. The van der Waals surface area contributed by atoms with E-state index in [1.807, 2.05) is 55.5 Å². The Bertz CT molecular complexity index is 1120. The van der Waals surface area contributed by atoms with Gasteiger partial charge in [0.2, 0.25) is 0 Å². The zero-order valence-corrected chi connectivity index (χ0v) is 19.3. The lowest BCUT2D eigenvalue weighted by Gasteiger charge is -2.12. The van der Waals surface area contributed by atoms with Crippen LogP contribution in [-0.4, -0.2) is 31.5 Å². The number of rotatable bonds is 10. The summed E-state index contributed by atoms with van der Waals surface area (Å²) in [7, 11) is 1.59. The number of amides is 2. The molecule has 3 aromatic carbocycles. The zero-order chi connectivity index (χ0) is 24.3. The number of methoxy groups -OCH3 is 1. The normalized spacial score (nSPS) is 10.3. The molecule has 0 saturated carbocycles. The fourth-order valence-electron chi connectivity index (χ4n) is 3.22. The summed E-state index contributed by atoms with van der Waals surface area (Å²) in [5, 5.41) is 5.50. The van der Waals surface area contributed by atoms with E-state index in [1.165, 1.54) is 0 Å². The molecule has 176 valence electrons. The Labute approximate surface area is 199 Å². The van der Waals surface area contributed by atoms with Gasteiger partial charge in [-0.1, -0.05) is 54.1 Å². The number of hydrogen-bond acceptors (Lipinski definition) is 5. The maximum Gasteiger partial charge on any atom is 0.306 e. The highest BCUT2D eigenvalue weighted by atomic mass is 16.5. The number of anilines is 1. The van der Waals surface area contributed by atoms with Crippen molar-refractivity contribution >= 4 is 23.5 Å². The van der Waals surface area contributed by atoms with Crippen molar-refractivity contribution in [3.05, 3.63) is 95.1 Å². The summed E-state index contributed by atoms with van der Waals surface area (Å²) in [6.45, 7) is 1.94. The van der Waals surface area contributed by atoms with E-state index < -0.39 is 18.5 Å². The molecule has 2 N–H and O–H groups in total.